The van der Waals surface area contributed by atoms with Gasteiger partial charge in [0.1, 0.15) is 0 Å². The van der Waals surface area contributed by atoms with Gasteiger partial charge in [-0.1, -0.05) is 19.3 Å². The van der Waals surface area contributed by atoms with E-state index in [9.17, 15) is 9.18 Å². The molecule has 1 atom stereocenters. The van der Waals surface area contributed by atoms with Crippen LogP contribution in [0, 0.1) is 5.82 Å². The van der Waals surface area contributed by atoms with E-state index in [1.807, 2.05) is 0 Å². The van der Waals surface area contributed by atoms with Crippen molar-refractivity contribution in [3.8, 4) is 5.88 Å². The second kappa shape index (κ2) is 8.47. The number of hydrogen-bond donors (Lipinski definition) is 3. The van der Waals surface area contributed by atoms with Crippen molar-refractivity contribution in [1.82, 2.24) is 15.6 Å². The molecule has 0 aromatic carbocycles. The largest absolute Gasteiger partial charge is 0.481 e. The summed E-state index contributed by atoms with van der Waals surface area (Å²) in [5.74, 6) is 0.106. The monoisotopic (exact) mass is 350 g/mol. The molecule has 3 rings (SSSR count). The Bertz CT molecular complexity index is 599. The second-order valence-electron chi connectivity index (χ2n) is 6.83. The number of anilines is 1. The summed E-state index contributed by atoms with van der Waals surface area (Å²) in [5, 5.41) is 9.18. The van der Waals surface area contributed by atoms with Gasteiger partial charge in [-0.3, -0.25) is 4.79 Å². The van der Waals surface area contributed by atoms with Gasteiger partial charge in [0.25, 0.3) is 0 Å². The van der Waals surface area contributed by atoms with Gasteiger partial charge in [0.05, 0.1) is 13.2 Å². The number of aromatic nitrogens is 1. The summed E-state index contributed by atoms with van der Waals surface area (Å²) in [5.41, 5.74) is 0.542. The molecule has 1 aliphatic carbocycles. The van der Waals surface area contributed by atoms with E-state index in [2.05, 4.69) is 20.9 Å². The van der Waals surface area contributed by atoms with Gasteiger partial charge in [-0.05, 0) is 38.3 Å². The fourth-order valence-corrected chi connectivity index (χ4v) is 3.57. The first kappa shape index (κ1) is 17.9. The number of carbonyl (C=O) groups excluding carboxylic acids is 1. The predicted octanol–water partition coefficient (Wildman–Crippen LogP) is 2.34. The molecule has 1 amide bonds. The van der Waals surface area contributed by atoms with E-state index in [0.29, 0.717) is 11.4 Å². The lowest BCUT2D eigenvalue weighted by atomic mass is 9.95. The number of nitrogens with one attached hydrogen (secondary N) is 3. The van der Waals surface area contributed by atoms with Crippen LogP contribution in [0.4, 0.5) is 10.2 Å². The molecule has 1 unspecified atom stereocenters. The van der Waals surface area contributed by atoms with Gasteiger partial charge in [0, 0.05) is 18.2 Å². The van der Waals surface area contributed by atoms with Crippen LogP contribution in [0.5, 0.6) is 5.88 Å². The molecular weight excluding hydrogens is 323 g/mol. The molecule has 6 nitrogen and oxygen atoms in total. The zero-order valence-corrected chi connectivity index (χ0v) is 14.7. The number of nitrogens with zero attached hydrogens (tertiary/aromatic N) is 1. The predicted molar refractivity (Wildman–Crippen MR) is 94.1 cm³/mol. The highest BCUT2D eigenvalue weighted by atomic mass is 19.1. The maximum atomic E-state index is 14.4. The lowest BCUT2D eigenvalue weighted by molar-refractivity contribution is -0.122. The van der Waals surface area contributed by atoms with E-state index < -0.39 is 5.82 Å². The van der Waals surface area contributed by atoms with Crippen molar-refractivity contribution in [3.63, 3.8) is 0 Å². The molecule has 0 bridgehead atoms. The molecule has 1 saturated carbocycles. The number of methoxy groups -OCH3 is 1. The third kappa shape index (κ3) is 4.60. The number of carbonyl (C=O) groups is 1. The molecule has 2 aliphatic rings. The number of halogens is 1. The molecule has 0 spiro atoms. The Labute approximate surface area is 147 Å². The molecule has 2 fully saturated rings. The zero-order chi connectivity index (χ0) is 17.6. The van der Waals surface area contributed by atoms with E-state index in [1.165, 1.54) is 19.6 Å². The minimum atomic E-state index is -0.408. The molecule has 138 valence electrons. The summed E-state index contributed by atoms with van der Waals surface area (Å²) in [4.78, 5) is 16.4. The molecule has 0 radical (unpaired) electrons. The molecule has 3 N–H and O–H groups in total. The van der Waals surface area contributed by atoms with Crippen LogP contribution in [-0.2, 0) is 11.3 Å². The summed E-state index contributed by atoms with van der Waals surface area (Å²) in [6.45, 7) is 1.06. The average Bonchev–Trinajstić information content (AvgIpc) is 3.17. The lowest BCUT2D eigenvalue weighted by Gasteiger charge is -2.24. The van der Waals surface area contributed by atoms with E-state index in [4.69, 9.17) is 4.74 Å². The summed E-state index contributed by atoms with van der Waals surface area (Å²) in [6.07, 6.45) is 7.47. The Kier molecular flexibility index (Phi) is 6.07. The maximum Gasteiger partial charge on any atom is 0.237 e. The number of rotatable bonds is 6. The van der Waals surface area contributed by atoms with Crippen LogP contribution in [0.25, 0.3) is 0 Å². The number of pyridine rings is 1. The van der Waals surface area contributed by atoms with Gasteiger partial charge < -0.3 is 20.7 Å². The van der Waals surface area contributed by atoms with Crippen LogP contribution in [0.1, 0.15) is 50.5 Å². The molecule has 2 heterocycles. The molecule has 25 heavy (non-hydrogen) atoms. The Morgan fingerprint density at radius 1 is 1.32 bits per heavy atom. The fraction of sp³-hybridized carbons (Fsp3) is 0.667. The van der Waals surface area contributed by atoms with Crippen molar-refractivity contribution >= 4 is 11.7 Å². The van der Waals surface area contributed by atoms with Gasteiger partial charge in [0.2, 0.25) is 11.8 Å². The van der Waals surface area contributed by atoms with Gasteiger partial charge in [0.15, 0.2) is 11.6 Å². The van der Waals surface area contributed by atoms with E-state index in [-0.39, 0.29) is 30.4 Å². The van der Waals surface area contributed by atoms with Gasteiger partial charge >= 0.3 is 0 Å². The second-order valence-corrected chi connectivity index (χ2v) is 6.83. The summed E-state index contributed by atoms with van der Waals surface area (Å²) < 4.78 is 19.7. The fourth-order valence-electron chi connectivity index (χ4n) is 3.57. The topological polar surface area (TPSA) is 75.3 Å². The summed E-state index contributed by atoms with van der Waals surface area (Å²) in [6, 6.07) is 1.51. The third-order valence-corrected chi connectivity index (χ3v) is 4.98. The first-order valence-electron chi connectivity index (χ1n) is 9.18. The standard InChI is InChI=1S/C18H27FN4O2/c1-25-18-12(11-21-17(24)15-8-5-9-20-15)10-14(19)16(23-18)22-13-6-3-2-4-7-13/h10,13,15,20H,2-9,11H2,1H3,(H,21,24)(H,22,23). The maximum absolute atomic E-state index is 14.4. The van der Waals surface area contributed by atoms with Crippen molar-refractivity contribution in [2.75, 3.05) is 19.0 Å². The summed E-state index contributed by atoms with van der Waals surface area (Å²) in [7, 11) is 1.51. The normalized spacial score (nSPS) is 21.1. The highest BCUT2D eigenvalue weighted by Gasteiger charge is 2.23. The molecule has 7 heteroatoms. The smallest absolute Gasteiger partial charge is 0.237 e. The van der Waals surface area contributed by atoms with E-state index in [0.717, 1.165) is 45.1 Å². The SMILES string of the molecule is COc1nc(NC2CCCCC2)c(F)cc1CNC(=O)C1CCCN1. The summed E-state index contributed by atoms with van der Waals surface area (Å²) >= 11 is 0. The van der Waals surface area contributed by atoms with E-state index in [1.54, 1.807) is 0 Å². The van der Waals surface area contributed by atoms with Crippen molar-refractivity contribution in [1.29, 1.82) is 0 Å². The Balaban J connectivity index is 1.64. The minimum Gasteiger partial charge on any atom is -0.481 e. The number of amides is 1. The zero-order valence-electron chi connectivity index (χ0n) is 14.7. The first-order valence-corrected chi connectivity index (χ1v) is 9.18. The Hall–Kier alpha value is -1.89. The van der Waals surface area contributed by atoms with Gasteiger partial charge in [-0.15, -0.1) is 0 Å². The highest BCUT2D eigenvalue weighted by molar-refractivity contribution is 5.82. The number of hydrogen-bond acceptors (Lipinski definition) is 5. The van der Waals surface area contributed by atoms with Crippen LogP contribution in [0.15, 0.2) is 6.07 Å². The molecule has 1 aromatic heterocycles. The third-order valence-electron chi connectivity index (χ3n) is 4.98. The van der Waals surface area contributed by atoms with Crippen molar-refractivity contribution in [2.45, 2.75) is 63.6 Å². The van der Waals surface area contributed by atoms with Crippen molar-refractivity contribution in [2.24, 2.45) is 0 Å². The molecule has 1 aromatic rings. The van der Waals surface area contributed by atoms with Crippen LogP contribution >= 0.6 is 0 Å². The van der Waals surface area contributed by atoms with Crippen LogP contribution in [0.2, 0.25) is 0 Å². The molecule has 1 aliphatic heterocycles. The van der Waals surface area contributed by atoms with Crippen LogP contribution in [-0.4, -0.2) is 36.6 Å². The average molecular weight is 350 g/mol. The minimum absolute atomic E-state index is 0.0654. The number of ether oxygens (including phenoxy) is 1. The van der Waals surface area contributed by atoms with Crippen LogP contribution < -0.4 is 20.7 Å². The van der Waals surface area contributed by atoms with Crippen molar-refractivity contribution in [3.05, 3.63) is 17.4 Å². The van der Waals surface area contributed by atoms with E-state index >= 15 is 0 Å². The lowest BCUT2D eigenvalue weighted by Crippen LogP contribution is -2.40. The van der Waals surface area contributed by atoms with Crippen molar-refractivity contribution < 1.29 is 13.9 Å². The highest BCUT2D eigenvalue weighted by Crippen LogP contribution is 2.26. The van der Waals surface area contributed by atoms with Gasteiger partial charge in [-0.2, -0.15) is 4.98 Å². The van der Waals surface area contributed by atoms with Gasteiger partial charge in [-0.25, -0.2) is 4.39 Å². The quantitative estimate of drug-likeness (QED) is 0.734. The molecule has 1 saturated heterocycles. The first-order chi connectivity index (χ1) is 12.2. The van der Waals surface area contributed by atoms with Crippen LogP contribution in [0.3, 0.4) is 0 Å². The Morgan fingerprint density at radius 2 is 2.12 bits per heavy atom. The Morgan fingerprint density at radius 3 is 2.80 bits per heavy atom. The molecular formula is C18H27FN4O2.